The largest absolute Gasteiger partial charge is 0.478 e. The number of carboxylic acids is 1. The minimum Gasteiger partial charge on any atom is -0.478 e. The van der Waals surface area contributed by atoms with Crippen LogP contribution in [0.15, 0.2) is 12.1 Å². The Bertz CT molecular complexity index is 377. The standard InChI is InChI=1S/C9H11ClN2O2/c1-12(2)8-6(9(13)14)3-5(11)4-7(8)10/h3-4H,11H2,1-2H3,(H,13,14). The highest BCUT2D eigenvalue weighted by molar-refractivity contribution is 6.34. The molecule has 0 radical (unpaired) electrons. The van der Waals surface area contributed by atoms with E-state index in [1.807, 2.05) is 0 Å². The molecule has 0 aliphatic carbocycles. The number of carbonyl (C=O) groups is 1. The number of aromatic carboxylic acids is 1. The summed E-state index contributed by atoms with van der Waals surface area (Å²) in [5, 5.41) is 9.26. The highest BCUT2D eigenvalue weighted by Gasteiger charge is 2.15. The molecule has 0 spiro atoms. The quantitative estimate of drug-likeness (QED) is 0.736. The molecule has 0 aromatic heterocycles. The summed E-state index contributed by atoms with van der Waals surface area (Å²) in [7, 11) is 3.45. The second kappa shape index (κ2) is 3.75. The van der Waals surface area contributed by atoms with Crippen molar-refractivity contribution >= 4 is 28.9 Å². The molecule has 3 N–H and O–H groups in total. The van der Waals surface area contributed by atoms with Crippen LogP contribution >= 0.6 is 11.6 Å². The van der Waals surface area contributed by atoms with Crippen molar-refractivity contribution in [1.82, 2.24) is 0 Å². The molecule has 0 fully saturated rings. The summed E-state index contributed by atoms with van der Waals surface area (Å²) < 4.78 is 0. The van der Waals surface area contributed by atoms with Crippen LogP contribution in [0.4, 0.5) is 11.4 Å². The second-order valence-corrected chi connectivity index (χ2v) is 3.51. The number of nitrogen functional groups attached to an aromatic ring is 1. The van der Waals surface area contributed by atoms with E-state index in [1.165, 1.54) is 12.1 Å². The topological polar surface area (TPSA) is 66.6 Å². The highest BCUT2D eigenvalue weighted by atomic mass is 35.5. The molecular weight excluding hydrogens is 204 g/mol. The van der Waals surface area contributed by atoms with Gasteiger partial charge in [-0.15, -0.1) is 0 Å². The third-order valence-electron chi connectivity index (χ3n) is 1.76. The Hall–Kier alpha value is -1.42. The zero-order valence-corrected chi connectivity index (χ0v) is 8.67. The summed E-state index contributed by atoms with van der Waals surface area (Å²) in [5.41, 5.74) is 6.42. The first-order chi connectivity index (χ1) is 6.43. The van der Waals surface area contributed by atoms with Gasteiger partial charge in [0.15, 0.2) is 0 Å². The minimum absolute atomic E-state index is 0.111. The normalized spacial score (nSPS) is 9.93. The smallest absolute Gasteiger partial charge is 0.337 e. The molecule has 1 aromatic carbocycles. The second-order valence-electron chi connectivity index (χ2n) is 3.10. The number of halogens is 1. The Kier molecular flexibility index (Phi) is 2.86. The van der Waals surface area contributed by atoms with Crippen molar-refractivity contribution in [2.45, 2.75) is 0 Å². The fraction of sp³-hybridized carbons (Fsp3) is 0.222. The zero-order chi connectivity index (χ0) is 10.9. The molecule has 0 unspecified atom stereocenters. The monoisotopic (exact) mass is 214 g/mol. The fourth-order valence-electron chi connectivity index (χ4n) is 1.24. The van der Waals surface area contributed by atoms with E-state index in [9.17, 15) is 4.79 Å². The van der Waals surface area contributed by atoms with E-state index < -0.39 is 5.97 Å². The van der Waals surface area contributed by atoms with Gasteiger partial charge in [0.2, 0.25) is 0 Å². The van der Waals surface area contributed by atoms with Gasteiger partial charge in [-0.1, -0.05) is 11.6 Å². The maximum Gasteiger partial charge on any atom is 0.337 e. The Morgan fingerprint density at radius 1 is 1.50 bits per heavy atom. The Morgan fingerprint density at radius 3 is 2.50 bits per heavy atom. The third-order valence-corrected chi connectivity index (χ3v) is 2.05. The molecule has 0 bridgehead atoms. The summed E-state index contributed by atoms with van der Waals surface area (Å²) >= 11 is 5.89. The molecule has 0 heterocycles. The molecule has 0 saturated heterocycles. The molecule has 0 amide bonds. The van der Waals surface area contributed by atoms with Gasteiger partial charge in [0.25, 0.3) is 0 Å². The van der Waals surface area contributed by atoms with E-state index in [4.69, 9.17) is 22.4 Å². The predicted molar refractivity (Wildman–Crippen MR) is 57.2 cm³/mol. The van der Waals surface area contributed by atoms with E-state index in [0.717, 1.165) is 0 Å². The van der Waals surface area contributed by atoms with E-state index in [0.29, 0.717) is 16.4 Å². The number of benzene rings is 1. The summed E-state index contributed by atoms with van der Waals surface area (Å²) in [6.07, 6.45) is 0. The van der Waals surface area contributed by atoms with Crippen molar-refractivity contribution < 1.29 is 9.90 Å². The molecule has 76 valence electrons. The van der Waals surface area contributed by atoms with Gasteiger partial charge in [-0.05, 0) is 12.1 Å². The molecule has 1 rings (SSSR count). The van der Waals surface area contributed by atoms with Crippen LogP contribution in [-0.4, -0.2) is 25.2 Å². The molecule has 5 heteroatoms. The lowest BCUT2D eigenvalue weighted by atomic mass is 10.1. The number of nitrogens with zero attached hydrogens (tertiary/aromatic N) is 1. The van der Waals surface area contributed by atoms with Crippen LogP contribution in [0.5, 0.6) is 0 Å². The van der Waals surface area contributed by atoms with Crippen LogP contribution in [0, 0.1) is 0 Å². The van der Waals surface area contributed by atoms with Crippen LogP contribution in [0.1, 0.15) is 10.4 Å². The van der Waals surface area contributed by atoms with Crippen LogP contribution in [-0.2, 0) is 0 Å². The first kappa shape index (κ1) is 10.7. The Morgan fingerprint density at radius 2 is 2.07 bits per heavy atom. The van der Waals surface area contributed by atoms with E-state index >= 15 is 0 Å². The molecule has 1 aromatic rings. The fourth-order valence-corrected chi connectivity index (χ4v) is 1.63. The van der Waals surface area contributed by atoms with Gasteiger partial charge in [0, 0.05) is 19.8 Å². The molecule has 0 saturated carbocycles. The van der Waals surface area contributed by atoms with Gasteiger partial charge < -0.3 is 15.7 Å². The summed E-state index contributed by atoms with van der Waals surface area (Å²) in [4.78, 5) is 12.5. The number of carboxylic acid groups (broad SMARTS) is 1. The molecule has 14 heavy (non-hydrogen) atoms. The first-order valence-electron chi connectivity index (χ1n) is 3.93. The Labute approximate surface area is 86.9 Å². The van der Waals surface area contributed by atoms with E-state index in [2.05, 4.69) is 0 Å². The van der Waals surface area contributed by atoms with Crippen molar-refractivity contribution in [3.8, 4) is 0 Å². The van der Waals surface area contributed by atoms with Gasteiger partial charge in [-0.2, -0.15) is 0 Å². The van der Waals surface area contributed by atoms with Crippen LogP contribution < -0.4 is 10.6 Å². The van der Waals surface area contributed by atoms with Crippen LogP contribution in [0.25, 0.3) is 0 Å². The van der Waals surface area contributed by atoms with Gasteiger partial charge in [-0.3, -0.25) is 0 Å². The molecular formula is C9H11ClN2O2. The lowest BCUT2D eigenvalue weighted by Gasteiger charge is -2.17. The lowest BCUT2D eigenvalue weighted by molar-refractivity contribution is 0.0697. The lowest BCUT2D eigenvalue weighted by Crippen LogP contribution is -2.14. The van der Waals surface area contributed by atoms with Crippen molar-refractivity contribution in [2.24, 2.45) is 0 Å². The molecule has 0 aliphatic heterocycles. The average molecular weight is 215 g/mol. The highest BCUT2D eigenvalue weighted by Crippen LogP contribution is 2.31. The number of nitrogens with two attached hydrogens (primary N) is 1. The van der Waals surface area contributed by atoms with Crippen molar-refractivity contribution in [3.63, 3.8) is 0 Å². The van der Waals surface area contributed by atoms with Crippen LogP contribution in [0.3, 0.4) is 0 Å². The summed E-state index contributed by atoms with van der Waals surface area (Å²) in [6.45, 7) is 0. The SMILES string of the molecule is CN(C)c1c(Cl)cc(N)cc1C(=O)O. The van der Waals surface area contributed by atoms with Crippen LogP contribution in [0.2, 0.25) is 5.02 Å². The van der Waals surface area contributed by atoms with E-state index in [-0.39, 0.29) is 5.56 Å². The van der Waals surface area contributed by atoms with Crippen molar-refractivity contribution in [1.29, 1.82) is 0 Å². The van der Waals surface area contributed by atoms with Crippen molar-refractivity contribution in [2.75, 3.05) is 24.7 Å². The maximum atomic E-state index is 10.9. The van der Waals surface area contributed by atoms with Gasteiger partial charge in [-0.25, -0.2) is 4.79 Å². The summed E-state index contributed by atoms with van der Waals surface area (Å²) in [6, 6.07) is 2.92. The van der Waals surface area contributed by atoms with Gasteiger partial charge >= 0.3 is 5.97 Å². The van der Waals surface area contributed by atoms with E-state index in [1.54, 1.807) is 19.0 Å². The molecule has 0 atom stereocenters. The molecule has 0 aliphatic rings. The first-order valence-corrected chi connectivity index (χ1v) is 4.31. The number of hydrogen-bond donors (Lipinski definition) is 2. The van der Waals surface area contributed by atoms with Crippen molar-refractivity contribution in [3.05, 3.63) is 22.7 Å². The average Bonchev–Trinajstić information content (AvgIpc) is 2.01. The predicted octanol–water partition coefficient (Wildman–Crippen LogP) is 1.69. The maximum absolute atomic E-state index is 10.9. The zero-order valence-electron chi connectivity index (χ0n) is 7.91. The number of anilines is 2. The number of rotatable bonds is 2. The van der Waals surface area contributed by atoms with Gasteiger partial charge in [0.1, 0.15) is 0 Å². The van der Waals surface area contributed by atoms with Gasteiger partial charge in [0.05, 0.1) is 16.3 Å². The molecule has 4 nitrogen and oxygen atoms in total. The minimum atomic E-state index is -1.04. The summed E-state index contributed by atoms with van der Waals surface area (Å²) in [5.74, 6) is -1.04. The third kappa shape index (κ3) is 1.90. The number of hydrogen-bond acceptors (Lipinski definition) is 3. The Balaban J connectivity index is 3.44.